The van der Waals surface area contributed by atoms with Crippen molar-refractivity contribution in [3.05, 3.63) is 12.2 Å². The lowest BCUT2D eigenvalue weighted by Gasteiger charge is -2.36. The Morgan fingerprint density at radius 2 is 2.00 bits per heavy atom. The Balaban J connectivity index is 0.00000361. The molecule has 0 unspecified atom stereocenters. The number of halogens is 1. The van der Waals surface area contributed by atoms with Gasteiger partial charge >= 0.3 is 0 Å². The normalized spacial score (nSPS) is 18.2. The van der Waals surface area contributed by atoms with Crippen molar-refractivity contribution < 1.29 is 4.74 Å². The highest BCUT2D eigenvalue weighted by Gasteiger charge is 2.32. The Bertz CT molecular complexity index is 312. The smallest absolute Gasteiger partial charge is 0.188 e. The molecule has 1 aliphatic carbocycles. The van der Waals surface area contributed by atoms with E-state index in [1.165, 1.54) is 19.3 Å². The molecule has 0 amide bonds. The van der Waals surface area contributed by atoms with Crippen LogP contribution in [0.4, 0.5) is 0 Å². The van der Waals surface area contributed by atoms with Gasteiger partial charge in [-0.3, -0.25) is 4.99 Å². The van der Waals surface area contributed by atoms with Gasteiger partial charge in [0, 0.05) is 13.2 Å². The zero-order chi connectivity index (χ0) is 14.1. The minimum absolute atomic E-state index is 0. The van der Waals surface area contributed by atoms with Crippen LogP contribution in [-0.2, 0) is 4.74 Å². The third kappa shape index (κ3) is 7.47. The van der Waals surface area contributed by atoms with Crippen LogP contribution in [0.2, 0.25) is 0 Å². The maximum absolute atomic E-state index is 6.09. The van der Waals surface area contributed by atoms with Gasteiger partial charge in [-0.25, -0.2) is 0 Å². The number of guanidine groups is 1. The van der Waals surface area contributed by atoms with Gasteiger partial charge in [0.1, 0.15) is 0 Å². The minimum Gasteiger partial charge on any atom is -0.373 e. The fraction of sp³-hybridized carbons (Fsp3) is 0.800. The van der Waals surface area contributed by atoms with Crippen molar-refractivity contribution in [1.29, 1.82) is 0 Å². The Labute approximate surface area is 140 Å². The van der Waals surface area contributed by atoms with E-state index in [1.807, 2.05) is 6.92 Å². The Morgan fingerprint density at radius 3 is 2.55 bits per heavy atom. The first-order valence-corrected chi connectivity index (χ1v) is 7.40. The first-order valence-electron chi connectivity index (χ1n) is 7.40. The quantitative estimate of drug-likeness (QED) is 0.301. The third-order valence-electron chi connectivity index (χ3n) is 3.49. The van der Waals surface area contributed by atoms with Gasteiger partial charge in [0.05, 0.1) is 12.1 Å². The molecule has 0 heterocycles. The lowest BCUT2D eigenvalue weighted by molar-refractivity contribution is -0.0624. The Kier molecular flexibility index (Phi) is 10.3. The molecule has 0 aliphatic heterocycles. The van der Waals surface area contributed by atoms with Crippen LogP contribution in [-0.4, -0.2) is 31.3 Å². The van der Waals surface area contributed by atoms with Crippen LogP contribution in [0.15, 0.2) is 17.1 Å². The third-order valence-corrected chi connectivity index (χ3v) is 3.49. The van der Waals surface area contributed by atoms with E-state index in [0.29, 0.717) is 19.0 Å². The van der Waals surface area contributed by atoms with Gasteiger partial charge in [-0.05, 0) is 26.2 Å². The van der Waals surface area contributed by atoms with Crippen LogP contribution in [0.5, 0.6) is 0 Å². The first-order chi connectivity index (χ1) is 9.08. The maximum Gasteiger partial charge on any atom is 0.188 e. The number of ether oxygens (including phenoxy) is 1. The summed E-state index contributed by atoms with van der Waals surface area (Å²) in [5.74, 6) is 0.494. The van der Waals surface area contributed by atoms with Gasteiger partial charge < -0.3 is 15.8 Å². The number of nitrogens with one attached hydrogen (secondary N) is 1. The number of rotatable bonds is 7. The molecule has 0 bridgehead atoms. The van der Waals surface area contributed by atoms with E-state index >= 15 is 0 Å². The molecule has 0 atom stereocenters. The summed E-state index contributed by atoms with van der Waals surface area (Å²) < 4.78 is 6.09. The molecule has 0 radical (unpaired) electrons. The van der Waals surface area contributed by atoms with E-state index in [9.17, 15) is 0 Å². The van der Waals surface area contributed by atoms with E-state index in [0.717, 1.165) is 31.4 Å². The molecule has 5 heteroatoms. The van der Waals surface area contributed by atoms with E-state index in [-0.39, 0.29) is 29.6 Å². The molecular formula is C15H30IN3O. The van der Waals surface area contributed by atoms with E-state index in [4.69, 9.17) is 10.5 Å². The molecule has 0 aromatic carbocycles. The summed E-state index contributed by atoms with van der Waals surface area (Å²) >= 11 is 0. The molecule has 4 nitrogen and oxygen atoms in total. The fourth-order valence-corrected chi connectivity index (χ4v) is 2.39. The average molecular weight is 395 g/mol. The summed E-state index contributed by atoms with van der Waals surface area (Å²) in [5.41, 5.74) is 6.84. The summed E-state index contributed by atoms with van der Waals surface area (Å²) in [6, 6.07) is 0. The molecule has 1 saturated carbocycles. The van der Waals surface area contributed by atoms with Crippen LogP contribution < -0.4 is 11.1 Å². The van der Waals surface area contributed by atoms with Crippen molar-refractivity contribution in [3.8, 4) is 0 Å². The van der Waals surface area contributed by atoms with Gasteiger partial charge in [-0.15, -0.1) is 24.0 Å². The molecule has 1 fully saturated rings. The summed E-state index contributed by atoms with van der Waals surface area (Å²) in [5, 5.41) is 3.07. The minimum atomic E-state index is -0.0796. The highest BCUT2D eigenvalue weighted by Crippen LogP contribution is 2.32. The average Bonchev–Trinajstić information content (AvgIpc) is 2.42. The molecule has 0 saturated heterocycles. The molecule has 118 valence electrons. The van der Waals surface area contributed by atoms with E-state index in [2.05, 4.69) is 23.8 Å². The van der Waals surface area contributed by atoms with Gasteiger partial charge in [-0.2, -0.15) is 0 Å². The van der Waals surface area contributed by atoms with Gasteiger partial charge in [-0.1, -0.05) is 38.3 Å². The zero-order valence-electron chi connectivity index (χ0n) is 12.9. The number of aliphatic imine (C=N–C) groups is 1. The molecule has 0 spiro atoms. The van der Waals surface area contributed by atoms with Crippen molar-refractivity contribution >= 4 is 29.9 Å². The second kappa shape index (κ2) is 10.4. The standard InChI is InChI=1S/C15H29N3O.HI/c1-4-10-19-15(8-6-5-7-9-15)12-18-14(16)17-11-13(2)3;/h2,4-12H2,1,3H3,(H3,16,17,18);1H. The van der Waals surface area contributed by atoms with Crippen LogP contribution in [0.3, 0.4) is 0 Å². The Morgan fingerprint density at radius 1 is 1.35 bits per heavy atom. The van der Waals surface area contributed by atoms with Crippen molar-refractivity contribution in [2.24, 2.45) is 10.7 Å². The predicted molar refractivity (Wildman–Crippen MR) is 96.8 cm³/mol. The predicted octanol–water partition coefficient (Wildman–Crippen LogP) is 3.21. The monoisotopic (exact) mass is 395 g/mol. The van der Waals surface area contributed by atoms with E-state index < -0.39 is 0 Å². The lowest BCUT2D eigenvalue weighted by atomic mass is 9.84. The molecule has 20 heavy (non-hydrogen) atoms. The van der Waals surface area contributed by atoms with Crippen LogP contribution in [0, 0.1) is 0 Å². The number of hydrogen-bond acceptors (Lipinski definition) is 2. The van der Waals surface area contributed by atoms with Crippen molar-refractivity contribution in [3.63, 3.8) is 0 Å². The second-order valence-electron chi connectivity index (χ2n) is 5.60. The molecular weight excluding hydrogens is 365 g/mol. The number of nitrogens with two attached hydrogens (primary N) is 1. The first kappa shape index (κ1) is 19.7. The molecule has 1 rings (SSSR count). The Hall–Kier alpha value is -0.300. The highest BCUT2D eigenvalue weighted by molar-refractivity contribution is 14.0. The summed E-state index contributed by atoms with van der Waals surface area (Å²) in [6.45, 7) is 10.1. The van der Waals surface area contributed by atoms with Crippen LogP contribution >= 0.6 is 24.0 Å². The lowest BCUT2D eigenvalue weighted by Crippen LogP contribution is -2.41. The van der Waals surface area contributed by atoms with Gasteiger partial charge in [0.15, 0.2) is 5.96 Å². The molecule has 0 aromatic rings. The van der Waals surface area contributed by atoms with Crippen molar-refractivity contribution in [1.82, 2.24) is 5.32 Å². The van der Waals surface area contributed by atoms with Gasteiger partial charge in [0.2, 0.25) is 0 Å². The fourth-order valence-electron chi connectivity index (χ4n) is 2.39. The highest BCUT2D eigenvalue weighted by atomic mass is 127. The molecule has 3 N–H and O–H groups in total. The van der Waals surface area contributed by atoms with Crippen molar-refractivity contribution in [2.75, 3.05) is 19.7 Å². The van der Waals surface area contributed by atoms with Crippen molar-refractivity contribution in [2.45, 2.75) is 58.0 Å². The maximum atomic E-state index is 6.09. The SMILES string of the molecule is C=C(C)CNC(N)=NCC1(OCCC)CCCCC1.I. The summed E-state index contributed by atoms with van der Waals surface area (Å²) in [7, 11) is 0. The molecule has 1 aliphatic rings. The largest absolute Gasteiger partial charge is 0.373 e. The van der Waals surface area contributed by atoms with Crippen LogP contribution in [0.25, 0.3) is 0 Å². The van der Waals surface area contributed by atoms with E-state index in [1.54, 1.807) is 0 Å². The summed E-state index contributed by atoms with van der Waals surface area (Å²) in [4.78, 5) is 4.46. The summed E-state index contributed by atoms with van der Waals surface area (Å²) in [6.07, 6.45) is 7.03. The van der Waals surface area contributed by atoms with Gasteiger partial charge in [0.25, 0.3) is 0 Å². The van der Waals surface area contributed by atoms with Crippen LogP contribution in [0.1, 0.15) is 52.4 Å². The molecule has 0 aromatic heterocycles. The zero-order valence-corrected chi connectivity index (χ0v) is 15.2. The number of hydrogen-bond donors (Lipinski definition) is 2. The second-order valence-corrected chi connectivity index (χ2v) is 5.60. The topological polar surface area (TPSA) is 59.6 Å². The number of nitrogens with zero attached hydrogens (tertiary/aromatic N) is 1.